The second-order valence-corrected chi connectivity index (χ2v) is 4.86. The minimum Gasteiger partial charge on any atom is -0.394 e. The highest BCUT2D eigenvalue weighted by Gasteiger charge is 2.32. The number of hydrogen-bond donors (Lipinski definition) is 2. The first-order valence-corrected chi connectivity index (χ1v) is 6.02. The van der Waals surface area contributed by atoms with Gasteiger partial charge >= 0.3 is 0 Å². The van der Waals surface area contributed by atoms with Crippen molar-refractivity contribution in [3.63, 3.8) is 0 Å². The molecular formula is C13H23NO. The Bertz CT molecular complexity index is 211. The molecule has 0 heterocycles. The molecule has 2 N–H and O–H groups in total. The van der Waals surface area contributed by atoms with Crippen LogP contribution in [0.4, 0.5) is 0 Å². The Balaban J connectivity index is 2.30. The van der Waals surface area contributed by atoms with Gasteiger partial charge in [0.05, 0.1) is 6.61 Å². The van der Waals surface area contributed by atoms with Gasteiger partial charge in [-0.25, -0.2) is 0 Å². The summed E-state index contributed by atoms with van der Waals surface area (Å²) in [7, 11) is 0. The standard InChI is InChI=1S/C13H23NO/c1-3-4-5-10-14-13(11-15)8-6-12(2)7-9-13/h1,12,14-15H,4-11H2,2H3. The third-order valence-corrected chi connectivity index (χ3v) is 3.53. The van der Waals surface area contributed by atoms with E-state index in [9.17, 15) is 5.11 Å². The van der Waals surface area contributed by atoms with Crippen LogP contribution in [0.1, 0.15) is 45.4 Å². The smallest absolute Gasteiger partial charge is 0.0613 e. The number of aliphatic hydroxyl groups excluding tert-OH is 1. The molecule has 0 unspecified atom stereocenters. The fourth-order valence-corrected chi connectivity index (χ4v) is 2.25. The van der Waals surface area contributed by atoms with Crippen molar-refractivity contribution in [3.05, 3.63) is 0 Å². The number of terminal acetylenes is 1. The minimum absolute atomic E-state index is 0.0128. The molecule has 0 aromatic rings. The van der Waals surface area contributed by atoms with Crippen molar-refractivity contribution in [1.29, 1.82) is 0 Å². The van der Waals surface area contributed by atoms with Crippen LogP contribution in [0.15, 0.2) is 0 Å². The molecule has 0 radical (unpaired) electrons. The largest absolute Gasteiger partial charge is 0.394 e. The van der Waals surface area contributed by atoms with Crippen LogP contribution in [-0.2, 0) is 0 Å². The molecule has 1 fully saturated rings. The Morgan fingerprint density at radius 3 is 2.67 bits per heavy atom. The summed E-state index contributed by atoms with van der Waals surface area (Å²) in [6.07, 6.45) is 11.7. The molecule has 0 aromatic heterocycles. The second kappa shape index (κ2) is 6.15. The van der Waals surface area contributed by atoms with Crippen LogP contribution < -0.4 is 5.32 Å². The van der Waals surface area contributed by atoms with Crippen LogP contribution in [0, 0.1) is 18.3 Å². The van der Waals surface area contributed by atoms with Gasteiger partial charge in [0.25, 0.3) is 0 Å². The molecular weight excluding hydrogens is 186 g/mol. The van der Waals surface area contributed by atoms with E-state index in [1.165, 1.54) is 12.8 Å². The van der Waals surface area contributed by atoms with E-state index in [1.807, 2.05) is 0 Å². The van der Waals surface area contributed by atoms with E-state index in [2.05, 4.69) is 18.2 Å². The summed E-state index contributed by atoms with van der Waals surface area (Å²) in [5, 5.41) is 13.0. The molecule has 1 rings (SSSR count). The van der Waals surface area contributed by atoms with Crippen LogP contribution >= 0.6 is 0 Å². The first-order valence-electron chi connectivity index (χ1n) is 6.02. The van der Waals surface area contributed by atoms with Gasteiger partial charge in [-0.1, -0.05) is 6.92 Å². The summed E-state index contributed by atoms with van der Waals surface area (Å²) < 4.78 is 0. The third-order valence-electron chi connectivity index (χ3n) is 3.53. The minimum atomic E-state index is -0.0128. The molecule has 2 heteroatoms. The molecule has 0 saturated heterocycles. The maximum atomic E-state index is 9.48. The molecule has 0 spiro atoms. The molecule has 0 aliphatic heterocycles. The van der Waals surface area contributed by atoms with E-state index in [4.69, 9.17) is 6.42 Å². The number of unbranched alkanes of at least 4 members (excludes halogenated alkanes) is 1. The van der Waals surface area contributed by atoms with Crippen molar-refractivity contribution in [1.82, 2.24) is 5.32 Å². The maximum absolute atomic E-state index is 9.48. The van der Waals surface area contributed by atoms with Gasteiger partial charge in [0.1, 0.15) is 0 Å². The Hall–Kier alpha value is -0.520. The molecule has 86 valence electrons. The summed E-state index contributed by atoms with van der Waals surface area (Å²) in [5.41, 5.74) is -0.0128. The van der Waals surface area contributed by atoms with Crippen molar-refractivity contribution in [3.8, 4) is 12.3 Å². The van der Waals surface area contributed by atoms with Crippen LogP contribution in [0.3, 0.4) is 0 Å². The molecule has 2 nitrogen and oxygen atoms in total. The van der Waals surface area contributed by atoms with Crippen molar-refractivity contribution < 1.29 is 5.11 Å². The van der Waals surface area contributed by atoms with Crippen LogP contribution in [0.5, 0.6) is 0 Å². The molecule has 0 atom stereocenters. The first kappa shape index (κ1) is 12.5. The zero-order chi connectivity index (χ0) is 11.1. The third kappa shape index (κ3) is 3.85. The molecule has 0 bridgehead atoms. The van der Waals surface area contributed by atoms with E-state index in [0.717, 1.165) is 38.1 Å². The van der Waals surface area contributed by atoms with E-state index in [1.54, 1.807) is 0 Å². The maximum Gasteiger partial charge on any atom is 0.0613 e. The fraction of sp³-hybridized carbons (Fsp3) is 0.846. The lowest BCUT2D eigenvalue weighted by molar-refractivity contribution is 0.106. The van der Waals surface area contributed by atoms with Crippen LogP contribution in [0.2, 0.25) is 0 Å². The Kier molecular flexibility index (Phi) is 5.14. The van der Waals surface area contributed by atoms with Gasteiger partial charge in [0.15, 0.2) is 0 Å². The highest BCUT2D eigenvalue weighted by atomic mass is 16.3. The van der Waals surface area contributed by atoms with Gasteiger partial charge in [-0.05, 0) is 44.6 Å². The van der Waals surface area contributed by atoms with Crippen molar-refractivity contribution in [2.24, 2.45) is 5.92 Å². The number of rotatable bonds is 5. The number of hydrogen-bond acceptors (Lipinski definition) is 2. The van der Waals surface area contributed by atoms with Crippen LogP contribution in [0.25, 0.3) is 0 Å². The molecule has 1 saturated carbocycles. The lowest BCUT2D eigenvalue weighted by Crippen LogP contribution is -2.51. The Morgan fingerprint density at radius 1 is 1.47 bits per heavy atom. The molecule has 1 aliphatic carbocycles. The average molecular weight is 209 g/mol. The van der Waals surface area contributed by atoms with Gasteiger partial charge in [0, 0.05) is 12.0 Å². The lowest BCUT2D eigenvalue weighted by atomic mass is 9.77. The summed E-state index contributed by atoms with van der Waals surface area (Å²) in [4.78, 5) is 0. The summed E-state index contributed by atoms with van der Waals surface area (Å²) in [6, 6.07) is 0. The highest BCUT2D eigenvalue weighted by Crippen LogP contribution is 2.31. The van der Waals surface area contributed by atoms with Gasteiger partial charge in [0.2, 0.25) is 0 Å². The van der Waals surface area contributed by atoms with E-state index in [0.29, 0.717) is 0 Å². The van der Waals surface area contributed by atoms with Crippen molar-refractivity contribution >= 4 is 0 Å². The molecule has 0 aromatic carbocycles. The van der Waals surface area contributed by atoms with E-state index < -0.39 is 0 Å². The second-order valence-electron chi connectivity index (χ2n) is 4.86. The van der Waals surface area contributed by atoms with Gasteiger partial charge in [-0.3, -0.25) is 0 Å². The lowest BCUT2D eigenvalue weighted by Gasteiger charge is -2.39. The van der Waals surface area contributed by atoms with Gasteiger partial charge in [-0.15, -0.1) is 12.3 Å². The van der Waals surface area contributed by atoms with Gasteiger partial charge < -0.3 is 10.4 Å². The topological polar surface area (TPSA) is 32.3 Å². The SMILES string of the molecule is C#CCCCNC1(CO)CCC(C)CC1. The number of nitrogens with one attached hydrogen (secondary N) is 1. The Labute approximate surface area is 93.5 Å². The highest BCUT2D eigenvalue weighted by molar-refractivity contribution is 4.92. The van der Waals surface area contributed by atoms with Crippen molar-refractivity contribution in [2.75, 3.05) is 13.2 Å². The fourth-order valence-electron chi connectivity index (χ4n) is 2.25. The Morgan fingerprint density at radius 2 is 2.13 bits per heavy atom. The number of aliphatic hydroxyl groups is 1. The summed E-state index contributed by atoms with van der Waals surface area (Å²) >= 11 is 0. The predicted molar refractivity (Wildman–Crippen MR) is 63.5 cm³/mol. The summed E-state index contributed by atoms with van der Waals surface area (Å²) in [6.45, 7) is 3.48. The van der Waals surface area contributed by atoms with Crippen molar-refractivity contribution in [2.45, 2.75) is 51.0 Å². The quantitative estimate of drug-likeness (QED) is 0.535. The molecule has 0 amide bonds. The van der Waals surface area contributed by atoms with Gasteiger partial charge in [-0.2, -0.15) is 0 Å². The van der Waals surface area contributed by atoms with E-state index in [-0.39, 0.29) is 12.1 Å². The zero-order valence-electron chi connectivity index (χ0n) is 9.76. The molecule has 15 heavy (non-hydrogen) atoms. The predicted octanol–water partition coefficient (Wildman–Crippen LogP) is 1.93. The zero-order valence-corrected chi connectivity index (χ0v) is 9.76. The van der Waals surface area contributed by atoms with E-state index >= 15 is 0 Å². The van der Waals surface area contributed by atoms with Crippen LogP contribution in [-0.4, -0.2) is 23.8 Å². The molecule has 1 aliphatic rings. The normalized spacial score (nSPS) is 31.1. The first-order chi connectivity index (χ1) is 7.22. The summed E-state index contributed by atoms with van der Waals surface area (Å²) in [5.74, 6) is 3.46. The average Bonchev–Trinajstić information content (AvgIpc) is 2.28. The monoisotopic (exact) mass is 209 g/mol.